The van der Waals surface area contributed by atoms with Crippen molar-refractivity contribution in [2.75, 3.05) is 31.6 Å². The van der Waals surface area contributed by atoms with E-state index in [1.54, 1.807) is 24.3 Å². The zero-order valence-electron chi connectivity index (χ0n) is 19.9. The summed E-state index contributed by atoms with van der Waals surface area (Å²) in [5, 5.41) is 3.03. The zero-order valence-corrected chi connectivity index (χ0v) is 19.9. The fourth-order valence-corrected chi connectivity index (χ4v) is 4.31. The number of amides is 2. The van der Waals surface area contributed by atoms with Gasteiger partial charge in [-0.15, -0.1) is 0 Å². The fraction of sp³-hybridized carbons (Fsp3) is 0.680. The van der Waals surface area contributed by atoms with Crippen LogP contribution in [0.3, 0.4) is 0 Å². The molecule has 2 rings (SSSR count). The Hall–Kier alpha value is -2.08. The van der Waals surface area contributed by atoms with E-state index in [2.05, 4.69) is 33.0 Å². The van der Waals surface area contributed by atoms with Gasteiger partial charge in [0, 0.05) is 25.4 Å². The Bertz CT molecular complexity index is 684. The van der Waals surface area contributed by atoms with E-state index >= 15 is 0 Å². The van der Waals surface area contributed by atoms with Gasteiger partial charge in [0.15, 0.2) is 6.61 Å². The largest absolute Gasteiger partial charge is 0.484 e. The van der Waals surface area contributed by atoms with Gasteiger partial charge in [0.2, 0.25) is 0 Å². The van der Waals surface area contributed by atoms with E-state index in [4.69, 9.17) is 9.47 Å². The molecule has 0 aliphatic carbocycles. The van der Waals surface area contributed by atoms with E-state index in [0.29, 0.717) is 42.7 Å². The second-order valence-corrected chi connectivity index (χ2v) is 9.33. The first-order valence-electron chi connectivity index (χ1n) is 11.7. The number of benzene rings is 1. The van der Waals surface area contributed by atoms with Crippen molar-refractivity contribution in [3.8, 4) is 5.75 Å². The summed E-state index contributed by atoms with van der Waals surface area (Å²) in [5.74, 6) is 1.21. The molecule has 0 saturated carbocycles. The number of carbonyl (C=O) groups is 2. The summed E-state index contributed by atoms with van der Waals surface area (Å²) in [6.45, 7) is 12.5. The molecule has 6 nitrogen and oxygen atoms in total. The SMILES string of the molecule is CCOC(CC(C)C)(CC(C)C)C(=O)Nc1ccc(OCC(=O)N2CCCCC2)cc1. The maximum absolute atomic E-state index is 13.3. The number of likely N-dealkylation sites (tertiary alicyclic amines) is 1. The molecule has 1 fully saturated rings. The van der Waals surface area contributed by atoms with Gasteiger partial charge in [-0.25, -0.2) is 0 Å². The van der Waals surface area contributed by atoms with Crippen LogP contribution in [0.1, 0.15) is 66.7 Å². The van der Waals surface area contributed by atoms with Crippen LogP contribution in [0.5, 0.6) is 5.75 Å². The van der Waals surface area contributed by atoms with Gasteiger partial charge in [-0.05, 0) is 75.1 Å². The molecule has 1 aliphatic rings. The second kappa shape index (κ2) is 12.1. The Balaban J connectivity index is 1.98. The molecule has 6 heteroatoms. The van der Waals surface area contributed by atoms with Crippen LogP contribution in [-0.4, -0.2) is 48.6 Å². The third-order valence-electron chi connectivity index (χ3n) is 5.49. The van der Waals surface area contributed by atoms with Crippen molar-refractivity contribution in [2.24, 2.45) is 11.8 Å². The van der Waals surface area contributed by atoms with E-state index in [1.165, 1.54) is 6.42 Å². The first kappa shape index (κ1) is 25.2. The summed E-state index contributed by atoms with van der Waals surface area (Å²) < 4.78 is 11.7. The van der Waals surface area contributed by atoms with Crippen LogP contribution >= 0.6 is 0 Å². The highest BCUT2D eigenvalue weighted by Gasteiger charge is 2.40. The predicted molar refractivity (Wildman–Crippen MR) is 124 cm³/mol. The summed E-state index contributed by atoms with van der Waals surface area (Å²) >= 11 is 0. The third kappa shape index (κ3) is 7.84. The lowest BCUT2D eigenvalue weighted by atomic mass is 9.83. The van der Waals surface area contributed by atoms with Crippen molar-refractivity contribution < 1.29 is 19.1 Å². The minimum Gasteiger partial charge on any atom is -0.484 e. The fourth-order valence-electron chi connectivity index (χ4n) is 4.31. The summed E-state index contributed by atoms with van der Waals surface area (Å²) in [7, 11) is 0. The summed E-state index contributed by atoms with van der Waals surface area (Å²) in [4.78, 5) is 27.4. The van der Waals surface area contributed by atoms with Gasteiger partial charge >= 0.3 is 0 Å². The number of ether oxygens (including phenoxy) is 2. The number of hydrogen-bond acceptors (Lipinski definition) is 4. The molecule has 0 aromatic heterocycles. The first-order valence-corrected chi connectivity index (χ1v) is 11.7. The van der Waals surface area contributed by atoms with Gasteiger partial charge in [-0.3, -0.25) is 9.59 Å². The quantitative estimate of drug-likeness (QED) is 0.541. The molecule has 31 heavy (non-hydrogen) atoms. The van der Waals surface area contributed by atoms with Crippen LogP contribution in [0.2, 0.25) is 0 Å². The summed E-state index contributed by atoms with van der Waals surface area (Å²) in [6, 6.07) is 7.18. The maximum Gasteiger partial charge on any atom is 0.260 e. The lowest BCUT2D eigenvalue weighted by Gasteiger charge is -2.35. The molecule has 1 aromatic carbocycles. The van der Waals surface area contributed by atoms with Crippen molar-refractivity contribution in [3.63, 3.8) is 0 Å². The number of rotatable bonds is 11. The molecule has 1 saturated heterocycles. The van der Waals surface area contributed by atoms with Gasteiger partial charge in [0.1, 0.15) is 11.4 Å². The molecule has 1 aliphatic heterocycles. The average molecular weight is 433 g/mol. The normalized spacial score (nSPS) is 14.7. The van der Waals surface area contributed by atoms with Gasteiger partial charge in [-0.1, -0.05) is 27.7 Å². The highest BCUT2D eigenvalue weighted by Crippen LogP contribution is 2.31. The van der Waals surface area contributed by atoms with E-state index in [9.17, 15) is 9.59 Å². The zero-order chi connectivity index (χ0) is 22.9. The molecule has 0 bridgehead atoms. The van der Waals surface area contributed by atoms with Gasteiger partial charge < -0.3 is 19.7 Å². The van der Waals surface area contributed by atoms with Gasteiger partial charge in [-0.2, -0.15) is 0 Å². The molecule has 1 N–H and O–H groups in total. The Kier molecular flexibility index (Phi) is 9.82. The number of nitrogens with zero attached hydrogens (tertiary/aromatic N) is 1. The maximum atomic E-state index is 13.3. The average Bonchev–Trinajstić information content (AvgIpc) is 2.72. The van der Waals surface area contributed by atoms with Gasteiger partial charge in [0.05, 0.1) is 0 Å². The van der Waals surface area contributed by atoms with Crippen molar-refractivity contribution >= 4 is 17.5 Å². The number of nitrogens with one attached hydrogen (secondary N) is 1. The standard InChI is InChI=1S/C25H40N2O4/c1-6-31-25(16-19(2)3,17-20(4)5)24(29)26-21-10-12-22(13-11-21)30-18-23(28)27-14-8-7-9-15-27/h10-13,19-20H,6-9,14-18H2,1-5H3,(H,26,29). The molecule has 1 aromatic rings. The molecule has 0 unspecified atom stereocenters. The molecule has 0 atom stereocenters. The smallest absolute Gasteiger partial charge is 0.260 e. The van der Waals surface area contributed by atoms with Gasteiger partial charge in [0.25, 0.3) is 11.8 Å². The highest BCUT2D eigenvalue weighted by molar-refractivity contribution is 5.97. The summed E-state index contributed by atoms with van der Waals surface area (Å²) in [5.41, 5.74) is -0.149. The predicted octanol–water partition coefficient (Wildman–Crippen LogP) is 4.88. The minimum atomic E-state index is -0.840. The van der Waals surface area contributed by atoms with E-state index in [-0.39, 0.29) is 18.4 Å². The van der Waals surface area contributed by atoms with Crippen molar-refractivity contribution in [3.05, 3.63) is 24.3 Å². The van der Waals surface area contributed by atoms with Crippen LogP contribution in [0.4, 0.5) is 5.69 Å². The van der Waals surface area contributed by atoms with Crippen LogP contribution in [0, 0.1) is 11.8 Å². The topological polar surface area (TPSA) is 67.9 Å². The first-order chi connectivity index (χ1) is 14.8. The van der Waals surface area contributed by atoms with Crippen molar-refractivity contribution in [1.82, 2.24) is 4.90 Å². The van der Waals surface area contributed by atoms with Crippen molar-refractivity contribution in [1.29, 1.82) is 0 Å². The lowest BCUT2D eigenvalue weighted by molar-refractivity contribution is -0.146. The molecule has 0 spiro atoms. The second-order valence-electron chi connectivity index (χ2n) is 9.33. The minimum absolute atomic E-state index is 0.0287. The molecular weight excluding hydrogens is 392 g/mol. The van der Waals surface area contributed by atoms with Crippen LogP contribution in [0.15, 0.2) is 24.3 Å². The number of anilines is 1. The van der Waals surface area contributed by atoms with Crippen LogP contribution < -0.4 is 10.1 Å². The van der Waals surface area contributed by atoms with Crippen LogP contribution in [-0.2, 0) is 14.3 Å². The Morgan fingerprint density at radius 3 is 2.10 bits per heavy atom. The van der Waals surface area contributed by atoms with E-state index in [0.717, 1.165) is 25.9 Å². The van der Waals surface area contributed by atoms with E-state index < -0.39 is 5.60 Å². The Morgan fingerprint density at radius 1 is 1.00 bits per heavy atom. The molecular formula is C25H40N2O4. The van der Waals surface area contributed by atoms with Crippen LogP contribution in [0.25, 0.3) is 0 Å². The Morgan fingerprint density at radius 2 is 1.58 bits per heavy atom. The number of hydrogen-bond donors (Lipinski definition) is 1. The molecule has 1 heterocycles. The molecule has 0 radical (unpaired) electrons. The lowest BCUT2D eigenvalue weighted by Crippen LogP contribution is -2.47. The van der Waals surface area contributed by atoms with Crippen molar-refractivity contribution in [2.45, 2.75) is 72.3 Å². The molecule has 174 valence electrons. The number of carbonyl (C=O) groups excluding carboxylic acids is 2. The monoisotopic (exact) mass is 432 g/mol. The number of piperidine rings is 1. The highest BCUT2D eigenvalue weighted by atomic mass is 16.5. The molecule has 2 amide bonds. The Labute approximate surface area is 187 Å². The summed E-state index contributed by atoms with van der Waals surface area (Å²) in [6.07, 6.45) is 4.67. The third-order valence-corrected chi connectivity index (χ3v) is 5.49. The van der Waals surface area contributed by atoms with E-state index in [1.807, 2.05) is 11.8 Å².